The van der Waals surface area contributed by atoms with E-state index in [-0.39, 0.29) is 5.41 Å². The Balaban J connectivity index is 2.72. The van der Waals surface area contributed by atoms with Crippen molar-refractivity contribution in [1.82, 2.24) is 9.36 Å². The van der Waals surface area contributed by atoms with Gasteiger partial charge >= 0.3 is 0 Å². The Morgan fingerprint density at radius 3 is 2.77 bits per heavy atom. The normalized spacial score (nSPS) is 12.2. The molecule has 3 heteroatoms. The molecule has 2 aromatic rings. The Kier molecular flexibility index (Phi) is 1.84. The van der Waals surface area contributed by atoms with Gasteiger partial charge in [-0.25, -0.2) is 0 Å². The van der Waals surface area contributed by atoms with Gasteiger partial charge in [-0.3, -0.25) is 4.98 Å². The van der Waals surface area contributed by atoms with Crippen LogP contribution in [0.5, 0.6) is 0 Å². The maximum Gasteiger partial charge on any atom is 0.0689 e. The van der Waals surface area contributed by atoms with Crippen molar-refractivity contribution in [3.63, 3.8) is 0 Å². The molecular formula is C10H12N2S. The SMILES string of the molecule is CC(C)(C)c1nsc2ccncc12. The van der Waals surface area contributed by atoms with Gasteiger partial charge in [-0.15, -0.1) is 0 Å². The lowest BCUT2D eigenvalue weighted by Gasteiger charge is -2.15. The van der Waals surface area contributed by atoms with E-state index in [0.717, 1.165) is 5.69 Å². The van der Waals surface area contributed by atoms with Gasteiger partial charge < -0.3 is 0 Å². The summed E-state index contributed by atoms with van der Waals surface area (Å²) < 4.78 is 5.69. The first-order valence-corrected chi connectivity index (χ1v) is 5.06. The molecular weight excluding hydrogens is 180 g/mol. The summed E-state index contributed by atoms with van der Waals surface area (Å²) in [4.78, 5) is 4.13. The highest BCUT2D eigenvalue weighted by Gasteiger charge is 2.19. The standard InChI is InChI=1S/C10H12N2S/c1-10(2,3)9-7-6-11-5-4-8(7)13-12-9/h4-6H,1-3H3. The lowest BCUT2D eigenvalue weighted by molar-refractivity contribution is 0.581. The van der Waals surface area contributed by atoms with Gasteiger partial charge in [0.15, 0.2) is 0 Å². The highest BCUT2D eigenvalue weighted by atomic mass is 32.1. The summed E-state index contributed by atoms with van der Waals surface area (Å²) >= 11 is 1.55. The molecule has 0 aliphatic heterocycles. The van der Waals surface area contributed by atoms with Crippen LogP contribution in [0.2, 0.25) is 0 Å². The fraction of sp³-hybridized carbons (Fsp3) is 0.400. The van der Waals surface area contributed by atoms with E-state index in [4.69, 9.17) is 0 Å². The van der Waals surface area contributed by atoms with Gasteiger partial charge in [0.2, 0.25) is 0 Å². The molecule has 0 unspecified atom stereocenters. The third-order valence-electron chi connectivity index (χ3n) is 1.98. The lowest BCUT2D eigenvalue weighted by atomic mass is 9.90. The van der Waals surface area contributed by atoms with E-state index in [2.05, 4.69) is 30.1 Å². The first-order chi connectivity index (χ1) is 6.09. The van der Waals surface area contributed by atoms with Crippen molar-refractivity contribution in [2.75, 3.05) is 0 Å². The van der Waals surface area contributed by atoms with Gasteiger partial charge in [0.05, 0.1) is 10.4 Å². The molecule has 0 radical (unpaired) electrons. The summed E-state index contributed by atoms with van der Waals surface area (Å²) in [7, 11) is 0. The van der Waals surface area contributed by atoms with E-state index in [1.54, 1.807) is 11.5 Å². The van der Waals surface area contributed by atoms with Crippen molar-refractivity contribution in [3.05, 3.63) is 24.2 Å². The summed E-state index contributed by atoms with van der Waals surface area (Å²) in [5.41, 5.74) is 1.27. The number of nitrogens with zero attached hydrogens (tertiary/aromatic N) is 2. The highest BCUT2D eigenvalue weighted by molar-refractivity contribution is 7.13. The summed E-state index contributed by atoms with van der Waals surface area (Å²) in [6, 6.07) is 2.02. The minimum Gasteiger partial charge on any atom is -0.264 e. The van der Waals surface area contributed by atoms with Crippen LogP contribution in [0.3, 0.4) is 0 Å². The lowest BCUT2D eigenvalue weighted by Crippen LogP contribution is -2.11. The summed E-state index contributed by atoms with van der Waals surface area (Å²) in [5.74, 6) is 0. The van der Waals surface area contributed by atoms with Crippen LogP contribution in [0.1, 0.15) is 26.5 Å². The molecule has 0 saturated carbocycles. The molecule has 2 nitrogen and oxygen atoms in total. The maximum atomic E-state index is 4.47. The van der Waals surface area contributed by atoms with Gasteiger partial charge in [-0.05, 0) is 17.6 Å². The van der Waals surface area contributed by atoms with Crippen molar-refractivity contribution in [1.29, 1.82) is 0 Å². The minimum absolute atomic E-state index is 0.112. The quantitative estimate of drug-likeness (QED) is 0.641. The van der Waals surface area contributed by atoms with Gasteiger partial charge in [-0.2, -0.15) is 4.37 Å². The molecule has 0 amide bonds. The van der Waals surface area contributed by atoms with E-state index in [1.807, 2.05) is 18.5 Å². The molecule has 0 fully saturated rings. The van der Waals surface area contributed by atoms with Gasteiger partial charge in [0, 0.05) is 23.2 Å². The highest BCUT2D eigenvalue weighted by Crippen LogP contribution is 2.30. The fourth-order valence-electron chi connectivity index (χ4n) is 1.32. The molecule has 0 atom stereocenters. The van der Waals surface area contributed by atoms with Crippen LogP contribution in [-0.4, -0.2) is 9.36 Å². The van der Waals surface area contributed by atoms with Crippen LogP contribution in [-0.2, 0) is 5.41 Å². The zero-order chi connectivity index (χ0) is 9.47. The first-order valence-electron chi connectivity index (χ1n) is 4.29. The number of pyridine rings is 1. The van der Waals surface area contributed by atoms with E-state index in [0.29, 0.717) is 0 Å². The third-order valence-corrected chi connectivity index (χ3v) is 2.81. The second-order valence-corrected chi connectivity index (χ2v) is 4.96. The third kappa shape index (κ3) is 1.44. The molecule has 2 heterocycles. The van der Waals surface area contributed by atoms with Crippen LogP contribution in [0, 0.1) is 0 Å². The average molecular weight is 192 g/mol. The molecule has 2 rings (SSSR count). The summed E-state index contributed by atoms with van der Waals surface area (Å²) in [6.45, 7) is 6.53. The topological polar surface area (TPSA) is 25.8 Å². The van der Waals surface area contributed by atoms with Crippen molar-refractivity contribution in [2.24, 2.45) is 0 Å². The molecule has 0 aliphatic rings. The summed E-state index contributed by atoms with van der Waals surface area (Å²) in [5, 5.41) is 1.19. The monoisotopic (exact) mass is 192 g/mol. The minimum atomic E-state index is 0.112. The predicted molar refractivity (Wildman–Crippen MR) is 56.1 cm³/mol. The smallest absolute Gasteiger partial charge is 0.0689 e. The maximum absolute atomic E-state index is 4.47. The number of fused-ring (bicyclic) bond motifs is 1. The molecule has 0 saturated heterocycles. The van der Waals surface area contributed by atoms with Crippen LogP contribution in [0.4, 0.5) is 0 Å². The van der Waals surface area contributed by atoms with E-state index in [9.17, 15) is 0 Å². The molecule has 2 aromatic heterocycles. The van der Waals surface area contributed by atoms with Crippen molar-refractivity contribution in [2.45, 2.75) is 26.2 Å². The number of hydrogen-bond acceptors (Lipinski definition) is 3. The second-order valence-electron chi connectivity index (χ2n) is 4.15. The fourth-order valence-corrected chi connectivity index (χ4v) is 2.26. The zero-order valence-corrected chi connectivity index (χ0v) is 8.85. The van der Waals surface area contributed by atoms with Crippen LogP contribution < -0.4 is 0 Å². The second kappa shape index (κ2) is 2.77. The van der Waals surface area contributed by atoms with Crippen LogP contribution in [0.15, 0.2) is 18.5 Å². The Morgan fingerprint density at radius 2 is 2.08 bits per heavy atom. The molecule has 0 bridgehead atoms. The molecule has 0 spiro atoms. The van der Waals surface area contributed by atoms with Gasteiger partial charge in [-0.1, -0.05) is 20.8 Å². The van der Waals surface area contributed by atoms with E-state index in [1.165, 1.54) is 10.1 Å². The van der Waals surface area contributed by atoms with Crippen molar-refractivity contribution < 1.29 is 0 Å². The molecule has 13 heavy (non-hydrogen) atoms. The Hall–Kier alpha value is -0.960. The Labute approximate surface area is 81.8 Å². The van der Waals surface area contributed by atoms with E-state index >= 15 is 0 Å². The van der Waals surface area contributed by atoms with Gasteiger partial charge in [0.1, 0.15) is 0 Å². The number of aromatic nitrogens is 2. The first kappa shape index (κ1) is 8.63. The molecule has 0 N–H and O–H groups in total. The molecule has 68 valence electrons. The zero-order valence-electron chi connectivity index (χ0n) is 8.03. The largest absolute Gasteiger partial charge is 0.264 e. The molecule has 0 aliphatic carbocycles. The molecule has 0 aromatic carbocycles. The predicted octanol–water partition coefficient (Wildman–Crippen LogP) is 2.99. The van der Waals surface area contributed by atoms with Crippen molar-refractivity contribution in [3.8, 4) is 0 Å². The van der Waals surface area contributed by atoms with Crippen molar-refractivity contribution >= 4 is 21.6 Å². The van der Waals surface area contributed by atoms with E-state index < -0.39 is 0 Å². The Morgan fingerprint density at radius 1 is 1.31 bits per heavy atom. The number of hydrogen-bond donors (Lipinski definition) is 0. The Bertz CT molecular complexity index is 426. The average Bonchev–Trinajstić information content (AvgIpc) is 2.45. The number of rotatable bonds is 0. The van der Waals surface area contributed by atoms with Gasteiger partial charge in [0.25, 0.3) is 0 Å². The van der Waals surface area contributed by atoms with Crippen LogP contribution in [0.25, 0.3) is 10.1 Å². The van der Waals surface area contributed by atoms with Crippen LogP contribution >= 0.6 is 11.5 Å². The summed E-state index contributed by atoms with van der Waals surface area (Å²) in [6.07, 6.45) is 3.71.